The number of carbonyl (C=O) groups is 1. The van der Waals surface area contributed by atoms with Gasteiger partial charge in [-0.3, -0.25) is 9.59 Å². The number of halogens is 3. The number of aliphatic carboxylic acids is 1. The van der Waals surface area contributed by atoms with E-state index in [4.69, 9.17) is 5.11 Å². The normalized spacial score (nSPS) is 11.4. The maximum Gasteiger partial charge on any atom is 0.416 e. The first-order valence-corrected chi connectivity index (χ1v) is 5.88. The van der Waals surface area contributed by atoms with Crippen molar-refractivity contribution in [3.8, 4) is 11.1 Å². The summed E-state index contributed by atoms with van der Waals surface area (Å²) in [5.74, 6) is -1.13. The minimum Gasteiger partial charge on any atom is -0.481 e. The Balaban J connectivity index is 2.46. The summed E-state index contributed by atoms with van der Waals surface area (Å²) < 4.78 is 37.5. The van der Waals surface area contributed by atoms with Crippen LogP contribution in [0.2, 0.25) is 0 Å². The number of alkyl halides is 3. The summed E-state index contributed by atoms with van der Waals surface area (Å²) in [5, 5.41) is 8.82. The molecule has 0 saturated carbocycles. The highest BCUT2D eigenvalue weighted by molar-refractivity contribution is 5.76. The number of hydrogen-bond donors (Lipinski definition) is 2. The molecular formula is C14H10F3NO3. The van der Waals surface area contributed by atoms with Crippen molar-refractivity contribution < 1.29 is 23.1 Å². The van der Waals surface area contributed by atoms with Crippen molar-refractivity contribution >= 4 is 5.97 Å². The summed E-state index contributed by atoms with van der Waals surface area (Å²) in [7, 11) is 0. The number of benzene rings is 1. The molecule has 110 valence electrons. The standard InChI is InChI=1S/C14H10F3NO3/c15-14(16,17)10-3-1-8(2-4-10)11-7-18-12(19)5-9(11)6-13(20)21/h1-5,7H,6H2,(H,18,19)(H,20,21). The van der Waals surface area contributed by atoms with E-state index in [0.29, 0.717) is 11.1 Å². The maximum atomic E-state index is 12.5. The highest BCUT2D eigenvalue weighted by Gasteiger charge is 2.30. The molecule has 1 aromatic heterocycles. The van der Waals surface area contributed by atoms with Crippen LogP contribution in [0, 0.1) is 0 Å². The zero-order chi connectivity index (χ0) is 15.6. The van der Waals surface area contributed by atoms with Gasteiger partial charge in [0.25, 0.3) is 0 Å². The molecule has 0 fully saturated rings. The van der Waals surface area contributed by atoms with E-state index in [9.17, 15) is 22.8 Å². The fourth-order valence-corrected chi connectivity index (χ4v) is 1.93. The third kappa shape index (κ3) is 3.50. The molecule has 0 atom stereocenters. The lowest BCUT2D eigenvalue weighted by molar-refractivity contribution is -0.138. The van der Waals surface area contributed by atoms with Crippen molar-refractivity contribution in [1.82, 2.24) is 4.98 Å². The molecule has 0 aliphatic rings. The number of pyridine rings is 1. The Morgan fingerprint density at radius 1 is 1.19 bits per heavy atom. The molecule has 2 rings (SSSR count). The van der Waals surface area contributed by atoms with Crippen LogP contribution in [0.3, 0.4) is 0 Å². The van der Waals surface area contributed by atoms with Crippen LogP contribution in [-0.2, 0) is 17.4 Å². The predicted molar refractivity (Wildman–Crippen MR) is 68.8 cm³/mol. The van der Waals surface area contributed by atoms with Crippen molar-refractivity contribution in [3.05, 3.63) is 58.0 Å². The molecule has 0 aliphatic heterocycles. The fourth-order valence-electron chi connectivity index (χ4n) is 1.93. The number of H-pyrrole nitrogens is 1. The summed E-state index contributed by atoms with van der Waals surface area (Å²) in [6.45, 7) is 0. The van der Waals surface area contributed by atoms with E-state index in [-0.39, 0.29) is 12.0 Å². The highest BCUT2D eigenvalue weighted by atomic mass is 19.4. The van der Waals surface area contributed by atoms with Gasteiger partial charge in [-0.1, -0.05) is 12.1 Å². The number of hydrogen-bond acceptors (Lipinski definition) is 2. The van der Waals surface area contributed by atoms with Gasteiger partial charge >= 0.3 is 12.1 Å². The molecule has 1 heterocycles. The van der Waals surface area contributed by atoms with Crippen LogP contribution < -0.4 is 5.56 Å². The van der Waals surface area contributed by atoms with E-state index < -0.39 is 23.3 Å². The molecule has 0 unspecified atom stereocenters. The maximum absolute atomic E-state index is 12.5. The second-order valence-corrected chi connectivity index (χ2v) is 4.38. The average Bonchev–Trinajstić information content (AvgIpc) is 2.37. The molecule has 2 aromatic rings. The Morgan fingerprint density at radius 3 is 2.33 bits per heavy atom. The number of nitrogens with one attached hydrogen (secondary N) is 1. The smallest absolute Gasteiger partial charge is 0.416 e. The van der Waals surface area contributed by atoms with Gasteiger partial charge in [0.05, 0.1) is 12.0 Å². The van der Waals surface area contributed by atoms with Crippen molar-refractivity contribution in [3.63, 3.8) is 0 Å². The minimum absolute atomic E-state index is 0.242. The quantitative estimate of drug-likeness (QED) is 0.915. The summed E-state index contributed by atoms with van der Waals surface area (Å²) in [4.78, 5) is 24.4. The molecule has 4 nitrogen and oxygen atoms in total. The van der Waals surface area contributed by atoms with E-state index in [1.165, 1.54) is 18.3 Å². The van der Waals surface area contributed by atoms with Gasteiger partial charge < -0.3 is 10.1 Å². The van der Waals surface area contributed by atoms with E-state index in [2.05, 4.69) is 4.98 Å². The lowest BCUT2D eigenvalue weighted by Crippen LogP contribution is -2.10. The molecular weight excluding hydrogens is 287 g/mol. The summed E-state index contributed by atoms with van der Waals surface area (Å²) >= 11 is 0. The Labute approximate surface area is 116 Å². The van der Waals surface area contributed by atoms with Crippen molar-refractivity contribution in [2.75, 3.05) is 0 Å². The SMILES string of the molecule is O=C(O)Cc1cc(=O)[nH]cc1-c1ccc(C(F)(F)F)cc1. The Hall–Kier alpha value is -2.57. The van der Waals surface area contributed by atoms with Gasteiger partial charge in [-0.25, -0.2) is 0 Å². The first kappa shape index (κ1) is 14.8. The van der Waals surface area contributed by atoms with E-state index >= 15 is 0 Å². The fraction of sp³-hybridized carbons (Fsp3) is 0.143. The lowest BCUT2D eigenvalue weighted by Gasteiger charge is -2.10. The minimum atomic E-state index is -4.44. The molecule has 7 heteroatoms. The zero-order valence-corrected chi connectivity index (χ0v) is 10.6. The van der Waals surface area contributed by atoms with E-state index in [1.54, 1.807) is 0 Å². The topological polar surface area (TPSA) is 70.2 Å². The predicted octanol–water partition coefficient (Wildman–Crippen LogP) is 2.69. The summed E-state index contributed by atoms with van der Waals surface area (Å²) in [5.41, 5.74) is -0.246. The van der Waals surface area contributed by atoms with Gasteiger partial charge in [0.15, 0.2) is 0 Å². The van der Waals surface area contributed by atoms with Crippen LogP contribution in [0.25, 0.3) is 11.1 Å². The van der Waals surface area contributed by atoms with Crippen LogP contribution in [-0.4, -0.2) is 16.1 Å². The van der Waals surface area contributed by atoms with Gasteiger partial charge in [0, 0.05) is 17.8 Å². The number of carboxylic acids is 1. The van der Waals surface area contributed by atoms with Crippen LogP contribution in [0.4, 0.5) is 13.2 Å². The van der Waals surface area contributed by atoms with Gasteiger partial charge in [-0.2, -0.15) is 13.2 Å². The van der Waals surface area contributed by atoms with Crippen LogP contribution in [0.1, 0.15) is 11.1 Å². The van der Waals surface area contributed by atoms with Crippen molar-refractivity contribution in [2.45, 2.75) is 12.6 Å². The van der Waals surface area contributed by atoms with Gasteiger partial charge in [0.2, 0.25) is 5.56 Å². The van der Waals surface area contributed by atoms with Gasteiger partial charge in [-0.15, -0.1) is 0 Å². The molecule has 1 aromatic carbocycles. The first-order chi connectivity index (χ1) is 9.77. The second kappa shape index (κ2) is 5.43. The number of rotatable bonds is 3. The monoisotopic (exact) mass is 297 g/mol. The lowest BCUT2D eigenvalue weighted by atomic mass is 9.99. The van der Waals surface area contributed by atoms with E-state index in [1.807, 2.05) is 0 Å². The molecule has 0 amide bonds. The molecule has 0 saturated heterocycles. The van der Waals surface area contributed by atoms with Gasteiger partial charge in [-0.05, 0) is 23.3 Å². The highest BCUT2D eigenvalue weighted by Crippen LogP contribution is 2.31. The number of aromatic amines is 1. The first-order valence-electron chi connectivity index (χ1n) is 5.88. The second-order valence-electron chi connectivity index (χ2n) is 4.38. The summed E-state index contributed by atoms with van der Waals surface area (Å²) in [6.07, 6.45) is -3.53. The van der Waals surface area contributed by atoms with Gasteiger partial charge in [0.1, 0.15) is 0 Å². The molecule has 21 heavy (non-hydrogen) atoms. The third-order valence-corrected chi connectivity index (χ3v) is 2.87. The molecule has 0 bridgehead atoms. The Morgan fingerprint density at radius 2 is 1.81 bits per heavy atom. The zero-order valence-electron chi connectivity index (χ0n) is 10.6. The molecule has 0 spiro atoms. The Bertz CT molecular complexity index is 717. The Kier molecular flexibility index (Phi) is 3.84. The van der Waals surface area contributed by atoms with Crippen molar-refractivity contribution in [2.24, 2.45) is 0 Å². The largest absolute Gasteiger partial charge is 0.481 e. The third-order valence-electron chi connectivity index (χ3n) is 2.87. The molecule has 0 aliphatic carbocycles. The average molecular weight is 297 g/mol. The van der Waals surface area contributed by atoms with Crippen molar-refractivity contribution in [1.29, 1.82) is 0 Å². The van der Waals surface area contributed by atoms with E-state index in [0.717, 1.165) is 18.2 Å². The number of carboxylic acid groups (broad SMARTS) is 1. The summed E-state index contributed by atoms with van der Waals surface area (Å²) in [6, 6.07) is 5.42. The van der Waals surface area contributed by atoms with Crippen LogP contribution >= 0.6 is 0 Å². The van der Waals surface area contributed by atoms with Crippen LogP contribution in [0.5, 0.6) is 0 Å². The number of aromatic nitrogens is 1. The molecule has 0 radical (unpaired) electrons. The molecule has 2 N–H and O–H groups in total. The van der Waals surface area contributed by atoms with Crippen LogP contribution in [0.15, 0.2) is 41.3 Å².